The number of carbonyl (C=O) groups is 1. The van der Waals surface area contributed by atoms with E-state index in [-0.39, 0.29) is 24.9 Å². The summed E-state index contributed by atoms with van der Waals surface area (Å²) in [6, 6.07) is 6.83. The third kappa shape index (κ3) is 4.91. The molecular formula is C12H17ClN2O3. The van der Waals surface area contributed by atoms with E-state index in [2.05, 4.69) is 10.6 Å². The maximum absolute atomic E-state index is 11.5. The zero-order valence-electron chi connectivity index (χ0n) is 9.90. The van der Waals surface area contributed by atoms with Crippen LogP contribution >= 0.6 is 11.6 Å². The quantitative estimate of drug-likeness (QED) is 0.542. The summed E-state index contributed by atoms with van der Waals surface area (Å²) in [6.07, 6.45) is -0.598. The molecule has 1 aromatic carbocycles. The van der Waals surface area contributed by atoms with E-state index in [9.17, 15) is 9.90 Å². The fourth-order valence-electron chi connectivity index (χ4n) is 1.30. The monoisotopic (exact) mass is 272 g/mol. The summed E-state index contributed by atoms with van der Waals surface area (Å²) in [5, 5.41) is 23.4. The van der Waals surface area contributed by atoms with E-state index in [4.69, 9.17) is 16.7 Å². The molecule has 0 radical (unpaired) electrons. The Kier molecular flexibility index (Phi) is 6.49. The van der Waals surface area contributed by atoms with Gasteiger partial charge in [-0.2, -0.15) is 0 Å². The molecule has 0 bridgehead atoms. The third-order valence-corrected chi connectivity index (χ3v) is 2.62. The van der Waals surface area contributed by atoms with Crippen molar-refractivity contribution in [2.75, 3.05) is 30.9 Å². The number of halogens is 1. The molecule has 1 rings (SSSR count). The van der Waals surface area contributed by atoms with Crippen LogP contribution in [0.25, 0.3) is 0 Å². The molecule has 0 aromatic heterocycles. The number of aliphatic hydroxyl groups is 2. The first kappa shape index (κ1) is 14.8. The molecule has 0 spiro atoms. The maximum Gasteiger partial charge on any atom is 0.251 e. The van der Waals surface area contributed by atoms with Gasteiger partial charge in [-0.05, 0) is 24.3 Å². The molecule has 1 unspecified atom stereocenters. The molecule has 0 aliphatic carbocycles. The van der Waals surface area contributed by atoms with Crippen LogP contribution in [0, 0.1) is 0 Å². The maximum atomic E-state index is 11.5. The largest absolute Gasteiger partial charge is 0.395 e. The predicted molar refractivity (Wildman–Crippen MR) is 71.1 cm³/mol. The van der Waals surface area contributed by atoms with Crippen molar-refractivity contribution in [3.63, 3.8) is 0 Å². The van der Waals surface area contributed by atoms with E-state index in [0.717, 1.165) is 5.69 Å². The second kappa shape index (κ2) is 7.92. The third-order valence-electron chi connectivity index (χ3n) is 2.26. The summed E-state index contributed by atoms with van der Waals surface area (Å²) >= 11 is 5.47. The summed E-state index contributed by atoms with van der Waals surface area (Å²) in [6.45, 7) is 0.516. The van der Waals surface area contributed by atoms with E-state index in [1.54, 1.807) is 24.3 Å². The van der Waals surface area contributed by atoms with Gasteiger partial charge in [-0.1, -0.05) is 0 Å². The Bertz CT molecular complexity index is 370. The minimum Gasteiger partial charge on any atom is -0.395 e. The lowest BCUT2D eigenvalue weighted by molar-refractivity contribution is 0.0945. The molecule has 6 heteroatoms. The highest BCUT2D eigenvalue weighted by Gasteiger charge is 2.05. The number of alkyl halides is 1. The van der Waals surface area contributed by atoms with Gasteiger partial charge in [-0.3, -0.25) is 4.79 Å². The van der Waals surface area contributed by atoms with Gasteiger partial charge in [0.05, 0.1) is 18.6 Å². The van der Waals surface area contributed by atoms with Crippen molar-refractivity contribution in [2.24, 2.45) is 0 Å². The number of hydrogen-bond acceptors (Lipinski definition) is 4. The fraction of sp³-hybridized carbons (Fsp3) is 0.417. The number of rotatable bonds is 7. The predicted octanol–water partition coefficient (Wildman–Crippen LogP) is 0.420. The topological polar surface area (TPSA) is 81.6 Å². The second-order valence-electron chi connectivity index (χ2n) is 3.75. The van der Waals surface area contributed by atoms with Crippen molar-refractivity contribution in [2.45, 2.75) is 6.10 Å². The smallest absolute Gasteiger partial charge is 0.251 e. The Balaban J connectivity index is 2.49. The number of amides is 1. The highest BCUT2D eigenvalue weighted by Crippen LogP contribution is 2.09. The van der Waals surface area contributed by atoms with Crippen LogP contribution < -0.4 is 10.6 Å². The Morgan fingerprint density at radius 2 is 2.00 bits per heavy atom. The van der Waals surface area contributed by atoms with E-state index >= 15 is 0 Å². The Morgan fingerprint density at radius 1 is 1.33 bits per heavy atom. The van der Waals surface area contributed by atoms with Crippen molar-refractivity contribution in [1.29, 1.82) is 0 Å². The molecule has 18 heavy (non-hydrogen) atoms. The highest BCUT2D eigenvalue weighted by molar-refractivity contribution is 6.18. The summed E-state index contributed by atoms with van der Waals surface area (Å²) in [5.74, 6) is -0.0503. The average molecular weight is 273 g/mol. The minimum atomic E-state index is -0.598. The molecule has 1 atom stereocenters. The molecule has 4 N–H and O–H groups in total. The van der Waals surface area contributed by atoms with Crippen molar-refractivity contribution in [3.05, 3.63) is 29.8 Å². The van der Waals surface area contributed by atoms with Crippen molar-refractivity contribution < 1.29 is 15.0 Å². The first-order valence-corrected chi connectivity index (χ1v) is 6.18. The zero-order chi connectivity index (χ0) is 13.4. The van der Waals surface area contributed by atoms with Crippen LogP contribution in [0.1, 0.15) is 10.4 Å². The van der Waals surface area contributed by atoms with Gasteiger partial charge in [0, 0.05) is 24.3 Å². The summed E-state index contributed by atoms with van der Waals surface area (Å²) < 4.78 is 0. The second-order valence-corrected chi connectivity index (χ2v) is 4.05. The van der Waals surface area contributed by atoms with Gasteiger partial charge in [0.2, 0.25) is 0 Å². The zero-order valence-corrected chi connectivity index (χ0v) is 10.7. The lowest BCUT2D eigenvalue weighted by Gasteiger charge is -2.10. The van der Waals surface area contributed by atoms with E-state index in [1.807, 2.05) is 0 Å². The normalized spacial score (nSPS) is 11.9. The molecule has 0 fully saturated rings. The number of nitrogens with one attached hydrogen (secondary N) is 2. The standard InChI is InChI=1S/C12H17ClN2O3/c13-7-11(17)8-15-10-3-1-9(2-4-10)12(18)14-5-6-16/h1-4,11,15-17H,5-8H2,(H,14,18). The molecule has 100 valence electrons. The number of hydrogen-bond donors (Lipinski definition) is 4. The van der Waals surface area contributed by atoms with Gasteiger partial charge in [-0.25, -0.2) is 0 Å². The first-order valence-electron chi connectivity index (χ1n) is 5.64. The lowest BCUT2D eigenvalue weighted by Crippen LogP contribution is -2.26. The summed E-state index contributed by atoms with van der Waals surface area (Å²) in [5.41, 5.74) is 1.32. The van der Waals surface area contributed by atoms with E-state index in [0.29, 0.717) is 12.1 Å². The van der Waals surface area contributed by atoms with Crippen LogP contribution in [0.2, 0.25) is 0 Å². The molecule has 0 saturated carbocycles. The molecule has 0 aliphatic rings. The van der Waals surface area contributed by atoms with Crippen LogP contribution in [-0.4, -0.2) is 47.8 Å². The Morgan fingerprint density at radius 3 is 2.56 bits per heavy atom. The number of carbonyl (C=O) groups excluding carboxylic acids is 1. The van der Waals surface area contributed by atoms with Crippen LogP contribution in [0.3, 0.4) is 0 Å². The summed E-state index contributed by atoms with van der Waals surface area (Å²) in [4.78, 5) is 11.5. The highest BCUT2D eigenvalue weighted by atomic mass is 35.5. The Hall–Kier alpha value is -1.30. The minimum absolute atomic E-state index is 0.0817. The number of aliphatic hydroxyl groups excluding tert-OH is 2. The van der Waals surface area contributed by atoms with Crippen LogP contribution in [0.4, 0.5) is 5.69 Å². The fourth-order valence-corrected chi connectivity index (χ4v) is 1.41. The molecule has 1 aromatic rings. The molecule has 0 heterocycles. The molecule has 5 nitrogen and oxygen atoms in total. The van der Waals surface area contributed by atoms with Crippen molar-refractivity contribution in [1.82, 2.24) is 5.32 Å². The molecule has 0 saturated heterocycles. The van der Waals surface area contributed by atoms with Gasteiger partial charge in [-0.15, -0.1) is 11.6 Å². The van der Waals surface area contributed by atoms with E-state index < -0.39 is 6.10 Å². The van der Waals surface area contributed by atoms with Gasteiger partial charge in [0.15, 0.2) is 0 Å². The van der Waals surface area contributed by atoms with Crippen molar-refractivity contribution >= 4 is 23.2 Å². The van der Waals surface area contributed by atoms with Crippen LogP contribution in [0.5, 0.6) is 0 Å². The lowest BCUT2D eigenvalue weighted by atomic mass is 10.2. The molecular weight excluding hydrogens is 256 g/mol. The van der Waals surface area contributed by atoms with Crippen LogP contribution in [0.15, 0.2) is 24.3 Å². The molecule has 1 amide bonds. The van der Waals surface area contributed by atoms with Gasteiger partial charge >= 0.3 is 0 Å². The molecule has 0 aliphatic heterocycles. The van der Waals surface area contributed by atoms with Gasteiger partial charge in [0.25, 0.3) is 5.91 Å². The number of benzene rings is 1. The average Bonchev–Trinajstić information content (AvgIpc) is 2.42. The van der Waals surface area contributed by atoms with E-state index in [1.165, 1.54) is 0 Å². The summed E-state index contributed by atoms with van der Waals surface area (Å²) in [7, 11) is 0. The number of anilines is 1. The van der Waals surface area contributed by atoms with Crippen molar-refractivity contribution in [3.8, 4) is 0 Å². The Labute approximate surface area is 111 Å². The van der Waals surface area contributed by atoms with Gasteiger partial charge in [0.1, 0.15) is 0 Å². The van der Waals surface area contributed by atoms with Gasteiger partial charge < -0.3 is 20.8 Å². The first-order chi connectivity index (χ1) is 8.67. The van der Waals surface area contributed by atoms with Crippen LogP contribution in [-0.2, 0) is 0 Å². The SMILES string of the molecule is O=C(NCCO)c1ccc(NCC(O)CCl)cc1.